The van der Waals surface area contributed by atoms with E-state index in [4.69, 9.17) is 0 Å². The van der Waals surface area contributed by atoms with Crippen LogP contribution in [0.2, 0.25) is 0 Å². The molecule has 1 spiro atoms. The van der Waals surface area contributed by atoms with Crippen molar-refractivity contribution in [2.75, 3.05) is 18.0 Å². The third-order valence-electron chi connectivity index (χ3n) is 4.22. The van der Waals surface area contributed by atoms with Gasteiger partial charge in [0.05, 0.1) is 6.54 Å². The number of carbonyl (C=O) groups is 2. The highest BCUT2D eigenvalue weighted by atomic mass is 32.1. The summed E-state index contributed by atoms with van der Waals surface area (Å²) in [6.07, 6.45) is 1.46. The van der Waals surface area contributed by atoms with Gasteiger partial charge in [-0.1, -0.05) is 30.3 Å². The summed E-state index contributed by atoms with van der Waals surface area (Å²) < 4.78 is 4.41. The number of aromatic nitrogens is 2. The molecular formula is C15H15N5O2S. The van der Waals surface area contributed by atoms with Gasteiger partial charge in [0.2, 0.25) is 5.13 Å². The molecule has 2 aromatic rings. The highest BCUT2D eigenvalue weighted by Crippen LogP contribution is 2.30. The highest BCUT2D eigenvalue weighted by Gasteiger charge is 2.49. The van der Waals surface area contributed by atoms with Crippen molar-refractivity contribution < 1.29 is 9.59 Å². The molecule has 0 aliphatic carbocycles. The van der Waals surface area contributed by atoms with Crippen LogP contribution in [0.3, 0.4) is 0 Å². The van der Waals surface area contributed by atoms with Crippen molar-refractivity contribution in [3.05, 3.63) is 30.3 Å². The van der Waals surface area contributed by atoms with Crippen LogP contribution >= 0.6 is 11.5 Å². The average molecular weight is 329 g/mol. The number of hydrogen-bond donors (Lipinski definition) is 2. The lowest BCUT2D eigenvalue weighted by atomic mass is 9.89. The fraction of sp³-hybridized carbons (Fsp3) is 0.333. The van der Waals surface area contributed by atoms with Gasteiger partial charge in [0.1, 0.15) is 5.54 Å². The molecule has 1 atom stereocenters. The first-order valence-electron chi connectivity index (χ1n) is 7.44. The van der Waals surface area contributed by atoms with Gasteiger partial charge in [-0.25, -0.2) is 4.79 Å². The number of anilines is 1. The van der Waals surface area contributed by atoms with Gasteiger partial charge in [0.25, 0.3) is 5.91 Å². The van der Waals surface area contributed by atoms with E-state index < -0.39 is 11.6 Å². The van der Waals surface area contributed by atoms with E-state index in [-0.39, 0.29) is 5.91 Å². The summed E-state index contributed by atoms with van der Waals surface area (Å²) >= 11 is 1.32. The average Bonchev–Trinajstić information content (AvgIpc) is 3.14. The van der Waals surface area contributed by atoms with Crippen LogP contribution in [0.5, 0.6) is 0 Å². The molecule has 2 saturated heterocycles. The second kappa shape index (κ2) is 5.31. The Morgan fingerprint density at radius 2 is 2.04 bits per heavy atom. The zero-order chi connectivity index (χ0) is 15.9. The van der Waals surface area contributed by atoms with Gasteiger partial charge in [-0.3, -0.25) is 10.1 Å². The Balaban J connectivity index is 1.58. The van der Waals surface area contributed by atoms with Gasteiger partial charge < -0.3 is 10.2 Å². The molecule has 0 radical (unpaired) electrons. The number of benzene rings is 1. The molecule has 2 aliphatic rings. The van der Waals surface area contributed by atoms with Crippen molar-refractivity contribution in [3.63, 3.8) is 0 Å². The van der Waals surface area contributed by atoms with Crippen LogP contribution in [0.25, 0.3) is 11.4 Å². The summed E-state index contributed by atoms with van der Waals surface area (Å²) in [7, 11) is 0. The first-order valence-corrected chi connectivity index (χ1v) is 8.21. The molecule has 2 fully saturated rings. The van der Waals surface area contributed by atoms with Crippen LogP contribution in [0, 0.1) is 0 Å². The van der Waals surface area contributed by atoms with Crippen molar-refractivity contribution in [2.45, 2.75) is 18.4 Å². The molecule has 1 aromatic heterocycles. The fourth-order valence-corrected chi connectivity index (χ4v) is 3.80. The maximum absolute atomic E-state index is 12.1. The molecule has 3 amide bonds. The van der Waals surface area contributed by atoms with Gasteiger partial charge >= 0.3 is 6.03 Å². The Hall–Kier alpha value is -2.48. The van der Waals surface area contributed by atoms with E-state index in [9.17, 15) is 9.59 Å². The minimum atomic E-state index is -0.839. The van der Waals surface area contributed by atoms with Crippen molar-refractivity contribution >= 4 is 28.6 Å². The van der Waals surface area contributed by atoms with Gasteiger partial charge in [-0.15, -0.1) is 0 Å². The quantitative estimate of drug-likeness (QED) is 0.813. The Bertz CT molecular complexity index is 762. The molecule has 2 aliphatic heterocycles. The molecule has 23 heavy (non-hydrogen) atoms. The second-order valence-corrected chi connectivity index (χ2v) is 6.51. The van der Waals surface area contributed by atoms with Crippen LogP contribution in [-0.2, 0) is 4.79 Å². The smallest absolute Gasteiger partial charge is 0.322 e. The van der Waals surface area contributed by atoms with Gasteiger partial charge in [0, 0.05) is 23.6 Å². The molecule has 1 unspecified atom stereocenters. The standard InChI is InChI=1S/C15H15N5O2S/c21-12-15(18-13(22)17-12)7-4-8-20(9-15)14-16-11(19-23-14)10-5-2-1-3-6-10/h1-3,5-6H,4,7-9H2,(H2,17,18,21,22). The fourth-order valence-electron chi connectivity index (χ4n) is 3.08. The maximum Gasteiger partial charge on any atom is 0.322 e. The van der Waals surface area contributed by atoms with Gasteiger partial charge in [-0.05, 0) is 12.8 Å². The van der Waals surface area contributed by atoms with Gasteiger partial charge in [0.15, 0.2) is 5.82 Å². The lowest BCUT2D eigenvalue weighted by Crippen LogP contribution is -2.58. The van der Waals surface area contributed by atoms with E-state index in [2.05, 4.69) is 20.0 Å². The monoisotopic (exact) mass is 329 g/mol. The van der Waals surface area contributed by atoms with Crippen molar-refractivity contribution in [2.24, 2.45) is 0 Å². The maximum atomic E-state index is 12.1. The lowest BCUT2D eigenvalue weighted by Gasteiger charge is -2.37. The Labute approximate surface area is 136 Å². The largest absolute Gasteiger partial charge is 0.344 e. The molecule has 3 heterocycles. The SMILES string of the molecule is O=C1NC(=O)C2(CCCN(c3nc(-c4ccccc4)ns3)C2)N1. The number of imide groups is 1. The van der Waals surface area contributed by atoms with Crippen LogP contribution in [0.4, 0.5) is 9.93 Å². The number of nitrogens with one attached hydrogen (secondary N) is 2. The number of carbonyl (C=O) groups excluding carboxylic acids is 2. The number of hydrogen-bond acceptors (Lipinski definition) is 6. The predicted octanol–water partition coefficient (Wildman–Crippen LogP) is 1.38. The Kier molecular flexibility index (Phi) is 3.26. The topological polar surface area (TPSA) is 87.2 Å². The lowest BCUT2D eigenvalue weighted by molar-refractivity contribution is -0.124. The number of nitrogens with zero attached hydrogens (tertiary/aromatic N) is 3. The second-order valence-electron chi connectivity index (χ2n) is 5.78. The van der Waals surface area contributed by atoms with Crippen LogP contribution in [0.15, 0.2) is 30.3 Å². The third-order valence-corrected chi connectivity index (χ3v) is 5.00. The zero-order valence-corrected chi connectivity index (χ0v) is 13.1. The molecule has 7 nitrogen and oxygen atoms in total. The molecular weight excluding hydrogens is 314 g/mol. The number of urea groups is 1. The molecule has 0 bridgehead atoms. The van der Waals surface area contributed by atoms with Gasteiger partial charge in [-0.2, -0.15) is 9.36 Å². The summed E-state index contributed by atoms with van der Waals surface area (Å²) in [6, 6.07) is 9.36. The number of piperidine rings is 1. The van der Waals surface area contributed by atoms with E-state index in [1.807, 2.05) is 35.2 Å². The van der Waals surface area contributed by atoms with Crippen LogP contribution in [0.1, 0.15) is 12.8 Å². The highest BCUT2D eigenvalue weighted by molar-refractivity contribution is 7.09. The van der Waals surface area contributed by atoms with Crippen LogP contribution < -0.4 is 15.5 Å². The zero-order valence-electron chi connectivity index (χ0n) is 12.3. The van der Waals surface area contributed by atoms with E-state index >= 15 is 0 Å². The molecule has 4 rings (SSSR count). The molecule has 8 heteroatoms. The van der Waals surface area contributed by atoms with E-state index in [1.54, 1.807) is 0 Å². The summed E-state index contributed by atoms with van der Waals surface area (Å²) in [6.45, 7) is 1.22. The van der Waals surface area contributed by atoms with Crippen molar-refractivity contribution in [1.29, 1.82) is 0 Å². The minimum Gasteiger partial charge on any atom is -0.344 e. The summed E-state index contributed by atoms with van der Waals surface area (Å²) in [5.41, 5.74) is 0.127. The molecule has 0 saturated carbocycles. The van der Waals surface area contributed by atoms with Crippen LogP contribution in [-0.4, -0.2) is 39.9 Å². The minimum absolute atomic E-state index is 0.250. The number of amides is 3. The first kappa shape index (κ1) is 14.1. The van der Waals surface area contributed by atoms with E-state index in [1.165, 1.54) is 11.5 Å². The third kappa shape index (κ3) is 2.44. The Morgan fingerprint density at radius 1 is 1.22 bits per heavy atom. The molecule has 118 valence electrons. The van der Waals surface area contributed by atoms with Crippen molar-refractivity contribution in [3.8, 4) is 11.4 Å². The molecule has 2 N–H and O–H groups in total. The van der Waals surface area contributed by atoms with Crippen molar-refractivity contribution in [1.82, 2.24) is 20.0 Å². The Morgan fingerprint density at radius 3 is 2.78 bits per heavy atom. The normalized spacial score (nSPS) is 23.9. The summed E-state index contributed by atoms with van der Waals surface area (Å²) in [4.78, 5) is 30.2. The first-order chi connectivity index (χ1) is 11.2. The number of rotatable bonds is 2. The summed E-state index contributed by atoms with van der Waals surface area (Å²) in [5, 5.41) is 5.88. The summed E-state index contributed by atoms with van der Waals surface area (Å²) in [5.74, 6) is 0.435. The predicted molar refractivity (Wildman–Crippen MR) is 86.2 cm³/mol. The molecule has 1 aromatic carbocycles. The van der Waals surface area contributed by atoms with E-state index in [0.717, 1.165) is 23.7 Å². The van der Waals surface area contributed by atoms with E-state index in [0.29, 0.717) is 18.8 Å².